The van der Waals surface area contributed by atoms with Gasteiger partial charge in [0.2, 0.25) is 0 Å². The van der Waals surface area contributed by atoms with Crippen molar-refractivity contribution in [2.45, 2.75) is 13.8 Å². The smallest absolute Gasteiger partial charge is 0.255 e. The number of rotatable bonds is 3. The van der Waals surface area contributed by atoms with E-state index in [-0.39, 0.29) is 17.6 Å². The third kappa shape index (κ3) is 2.79. The maximum Gasteiger partial charge on any atom is 0.255 e. The number of hydrogen-bond acceptors (Lipinski definition) is 4. The summed E-state index contributed by atoms with van der Waals surface area (Å²) in [6.07, 6.45) is 3.19. The van der Waals surface area contributed by atoms with Crippen LogP contribution in [0.5, 0.6) is 11.5 Å². The molecule has 136 valence electrons. The second kappa shape index (κ2) is 6.40. The van der Waals surface area contributed by atoms with E-state index >= 15 is 0 Å². The number of ether oxygens (including phenoxy) is 1. The highest BCUT2D eigenvalue weighted by Crippen LogP contribution is 2.33. The van der Waals surface area contributed by atoms with E-state index in [1.165, 1.54) is 0 Å². The molecule has 1 amide bonds. The minimum absolute atomic E-state index is 0.104. The minimum atomic E-state index is -0.420. The van der Waals surface area contributed by atoms with Crippen LogP contribution in [0.4, 0.5) is 4.39 Å². The van der Waals surface area contributed by atoms with E-state index in [4.69, 9.17) is 10.00 Å². The van der Waals surface area contributed by atoms with E-state index in [1.54, 1.807) is 53.0 Å². The fourth-order valence-electron chi connectivity index (χ4n) is 3.24. The third-order valence-electron chi connectivity index (χ3n) is 4.85. The molecule has 7 heteroatoms. The molecular formula is C20H17FN4O2. The van der Waals surface area contributed by atoms with Gasteiger partial charge in [0.05, 0.1) is 23.7 Å². The van der Waals surface area contributed by atoms with Crippen LogP contribution in [-0.2, 0) is 0 Å². The minimum Gasteiger partial charge on any atom is -0.452 e. The largest absolute Gasteiger partial charge is 0.452 e. The molecule has 0 bridgehead atoms. The normalized spacial score (nSPS) is 14.1. The number of benzene rings is 1. The first-order valence-electron chi connectivity index (χ1n) is 8.58. The van der Waals surface area contributed by atoms with Gasteiger partial charge >= 0.3 is 0 Å². The van der Waals surface area contributed by atoms with Gasteiger partial charge in [0, 0.05) is 25.4 Å². The molecule has 1 fully saturated rings. The highest BCUT2D eigenvalue weighted by molar-refractivity contribution is 5.98. The van der Waals surface area contributed by atoms with Gasteiger partial charge in [0.1, 0.15) is 5.52 Å². The summed E-state index contributed by atoms with van der Waals surface area (Å²) in [6, 6.07) is 8.76. The van der Waals surface area contributed by atoms with Gasteiger partial charge in [-0.05, 0) is 31.0 Å². The summed E-state index contributed by atoms with van der Waals surface area (Å²) in [5.41, 5.74) is 2.31. The number of nitrogens with zero attached hydrogens (tertiary/aromatic N) is 4. The number of nitriles is 1. The van der Waals surface area contributed by atoms with Gasteiger partial charge in [-0.3, -0.25) is 4.79 Å². The molecule has 3 heterocycles. The van der Waals surface area contributed by atoms with Gasteiger partial charge in [-0.25, -0.2) is 8.91 Å². The highest BCUT2D eigenvalue weighted by Gasteiger charge is 2.33. The summed E-state index contributed by atoms with van der Waals surface area (Å²) >= 11 is 0. The van der Waals surface area contributed by atoms with Crippen LogP contribution < -0.4 is 4.74 Å². The maximum absolute atomic E-state index is 14.3. The molecule has 0 radical (unpaired) electrons. The number of carbonyl (C=O) groups is 1. The van der Waals surface area contributed by atoms with Gasteiger partial charge < -0.3 is 9.64 Å². The molecule has 0 spiro atoms. The Morgan fingerprint density at radius 1 is 1.30 bits per heavy atom. The van der Waals surface area contributed by atoms with Crippen LogP contribution >= 0.6 is 0 Å². The van der Waals surface area contributed by atoms with Gasteiger partial charge in [0.25, 0.3) is 5.91 Å². The van der Waals surface area contributed by atoms with Crippen molar-refractivity contribution in [1.82, 2.24) is 14.5 Å². The lowest BCUT2D eigenvalue weighted by Crippen LogP contribution is -2.49. The first-order valence-corrected chi connectivity index (χ1v) is 8.58. The molecule has 0 N–H and O–H groups in total. The van der Waals surface area contributed by atoms with Crippen molar-refractivity contribution in [3.05, 3.63) is 59.2 Å². The molecule has 6 nitrogen and oxygen atoms in total. The second-order valence-electron chi connectivity index (χ2n) is 6.68. The zero-order valence-corrected chi connectivity index (χ0v) is 14.9. The molecule has 27 heavy (non-hydrogen) atoms. The van der Waals surface area contributed by atoms with Crippen LogP contribution in [0, 0.1) is 36.9 Å². The number of halogens is 1. The predicted octanol–water partition coefficient (Wildman–Crippen LogP) is 3.48. The van der Waals surface area contributed by atoms with Gasteiger partial charge in [-0.1, -0.05) is 12.1 Å². The number of amides is 1. The Bertz CT molecular complexity index is 1090. The molecule has 0 atom stereocenters. The monoisotopic (exact) mass is 364 g/mol. The van der Waals surface area contributed by atoms with Gasteiger partial charge in [-0.15, -0.1) is 0 Å². The molecule has 1 aliphatic heterocycles. The average Bonchev–Trinajstić information content (AvgIpc) is 2.96. The summed E-state index contributed by atoms with van der Waals surface area (Å²) in [7, 11) is 0. The number of likely N-dealkylation sites (tertiary alicyclic amines) is 1. The molecule has 0 unspecified atom stereocenters. The van der Waals surface area contributed by atoms with E-state index in [2.05, 4.69) is 11.2 Å². The number of fused-ring (bicyclic) bond motifs is 1. The van der Waals surface area contributed by atoms with Crippen molar-refractivity contribution in [2.75, 3.05) is 13.1 Å². The SMILES string of the molecule is Cc1cccc(Oc2ccnn3cc(C(=O)N4CC(C#N)C4)c(C)c23)c1F. The first kappa shape index (κ1) is 17.0. The molecule has 0 saturated carbocycles. The molecule has 1 saturated heterocycles. The fourth-order valence-corrected chi connectivity index (χ4v) is 3.24. The van der Waals surface area contributed by atoms with E-state index in [9.17, 15) is 9.18 Å². The quantitative estimate of drug-likeness (QED) is 0.713. The maximum atomic E-state index is 14.3. The van der Waals surface area contributed by atoms with E-state index < -0.39 is 5.82 Å². The van der Waals surface area contributed by atoms with Crippen molar-refractivity contribution in [1.29, 1.82) is 5.26 Å². The Labute approximate surface area is 155 Å². The summed E-state index contributed by atoms with van der Waals surface area (Å²) in [5.74, 6) is -0.123. The van der Waals surface area contributed by atoms with Crippen molar-refractivity contribution in [2.24, 2.45) is 5.92 Å². The standard InChI is InChI=1S/C20H17FN4O2/c1-12-4-3-5-16(18(12)21)27-17-6-7-23-25-11-15(13(2)19(17)25)20(26)24-9-14(8-22)10-24/h3-7,11,14H,9-10H2,1-2H3. The molecule has 1 aliphatic rings. The number of carbonyl (C=O) groups excluding carboxylic acids is 1. The van der Waals surface area contributed by atoms with E-state index in [1.807, 2.05) is 6.92 Å². The summed E-state index contributed by atoms with van der Waals surface area (Å²) in [5, 5.41) is 13.1. The number of aromatic nitrogens is 2. The van der Waals surface area contributed by atoms with Crippen LogP contribution in [0.15, 0.2) is 36.7 Å². The van der Waals surface area contributed by atoms with Crippen molar-refractivity contribution in [3.63, 3.8) is 0 Å². The van der Waals surface area contributed by atoms with Crippen LogP contribution in [0.2, 0.25) is 0 Å². The summed E-state index contributed by atoms with van der Waals surface area (Å²) < 4.78 is 21.7. The Kier molecular flexibility index (Phi) is 4.04. The summed E-state index contributed by atoms with van der Waals surface area (Å²) in [6.45, 7) is 4.36. The zero-order chi connectivity index (χ0) is 19.1. The predicted molar refractivity (Wildman–Crippen MR) is 96.1 cm³/mol. The highest BCUT2D eigenvalue weighted by atomic mass is 19.1. The molecular weight excluding hydrogens is 347 g/mol. The number of aryl methyl sites for hydroxylation is 2. The molecule has 4 rings (SSSR count). The lowest BCUT2D eigenvalue weighted by Gasteiger charge is -2.35. The zero-order valence-electron chi connectivity index (χ0n) is 14.9. The average molecular weight is 364 g/mol. The second-order valence-corrected chi connectivity index (χ2v) is 6.68. The van der Waals surface area contributed by atoms with E-state index in [0.29, 0.717) is 41.0 Å². The number of hydrogen-bond donors (Lipinski definition) is 0. The topological polar surface area (TPSA) is 70.6 Å². The molecule has 1 aromatic carbocycles. The van der Waals surface area contributed by atoms with Crippen LogP contribution in [-0.4, -0.2) is 33.5 Å². The Hall–Kier alpha value is -3.40. The fraction of sp³-hybridized carbons (Fsp3) is 0.250. The van der Waals surface area contributed by atoms with Crippen molar-refractivity contribution < 1.29 is 13.9 Å². The molecule has 0 aliphatic carbocycles. The van der Waals surface area contributed by atoms with Gasteiger partial charge in [-0.2, -0.15) is 10.4 Å². The Morgan fingerprint density at radius 2 is 2.07 bits per heavy atom. The van der Waals surface area contributed by atoms with Crippen LogP contribution in [0.25, 0.3) is 5.52 Å². The Balaban J connectivity index is 1.71. The lowest BCUT2D eigenvalue weighted by atomic mass is 10.0. The molecule has 2 aromatic heterocycles. The van der Waals surface area contributed by atoms with Crippen LogP contribution in [0.1, 0.15) is 21.5 Å². The Morgan fingerprint density at radius 3 is 2.81 bits per heavy atom. The van der Waals surface area contributed by atoms with E-state index in [0.717, 1.165) is 0 Å². The lowest BCUT2D eigenvalue weighted by molar-refractivity contribution is 0.0576. The molecule has 3 aromatic rings. The first-order chi connectivity index (χ1) is 13.0. The third-order valence-corrected chi connectivity index (χ3v) is 4.85. The van der Waals surface area contributed by atoms with Crippen LogP contribution in [0.3, 0.4) is 0 Å². The van der Waals surface area contributed by atoms with Crippen molar-refractivity contribution >= 4 is 11.4 Å². The summed E-state index contributed by atoms with van der Waals surface area (Å²) in [4.78, 5) is 14.4. The van der Waals surface area contributed by atoms with Crippen molar-refractivity contribution in [3.8, 4) is 17.6 Å². The van der Waals surface area contributed by atoms with Gasteiger partial charge in [0.15, 0.2) is 17.3 Å².